The molecule has 3 aromatic carbocycles. The molecule has 2 amide bonds. The molecule has 0 saturated carbocycles. The van der Waals surface area contributed by atoms with E-state index in [4.69, 9.17) is 9.47 Å². The number of likely N-dealkylation sites (N-methyl/N-ethyl adjacent to an activating group) is 1. The molecule has 2 aliphatic heterocycles. The molecular formula is C31H34N3O4S+. The van der Waals surface area contributed by atoms with Crippen LogP contribution in [0.15, 0.2) is 76.5 Å². The molecule has 202 valence electrons. The van der Waals surface area contributed by atoms with Gasteiger partial charge in [-0.25, -0.2) is 0 Å². The fraction of sp³-hybridized carbons (Fsp3) is 0.290. The standard InChI is InChI=1S/C31H33N3O4S/c1-4-38-26-12-10-23(18-27(26)37-3)19-29-31(36)32(2)25-20-24(11-13-28(25)39-29)30(35)34-16-14-33(15-17-34)21-22-8-6-5-7-9-22/h5-13,18-20H,4,14-17,21H2,1-3H3/p+1. The van der Waals surface area contributed by atoms with Crippen molar-refractivity contribution in [3.05, 3.63) is 88.3 Å². The molecule has 0 atom stereocenters. The highest BCUT2D eigenvalue weighted by atomic mass is 32.2. The summed E-state index contributed by atoms with van der Waals surface area (Å²) < 4.78 is 11.1. The molecule has 39 heavy (non-hydrogen) atoms. The van der Waals surface area contributed by atoms with Crippen molar-refractivity contribution in [3.63, 3.8) is 0 Å². The number of benzene rings is 3. The fourth-order valence-electron chi connectivity index (χ4n) is 5.00. The van der Waals surface area contributed by atoms with Crippen LogP contribution in [0, 0.1) is 0 Å². The van der Waals surface area contributed by atoms with Crippen LogP contribution in [-0.4, -0.2) is 63.7 Å². The normalized spacial score (nSPS) is 16.8. The van der Waals surface area contributed by atoms with Crippen LogP contribution < -0.4 is 19.3 Å². The Labute approximate surface area is 234 Å². The number of quaternary nitrogens is 1. The number of carbonyl (C=O) groups is 2. The van der Waals surface area contributed by atoms with Gasteiger partial charge in [-0.2, -0.15) is 0 Å². The van der Waals surface area contributed by atoms with Gasteiger partial charge < -0.3 is 24.2 Å². The van der Waals surface area contributed by atoms with Gasteiger partial charge in [0.1, 0.15) is 6.54 Å². The third kappa shape index (κ3) is 5.97. The number of hydrogen-bond donors (Lipinski definition) is 1. The quantitative estimate of drug-likeness (QED) is 0.459. The lowest BCUT2D eigenvalue weighted by Crippen LogP contribution is -3.13. The van der Waals surface area contributed by atoms with Crippen LogP contribution in [0.4, 0.5) is 5.69 Å². The van der Waals surface area contributed by atoms with E-state index in [2.05, 4.69) is 24.3 Å². The van der Waals surface area contributed by atoms with Gasteiger partial charge in [0, 0.05) is 23.1 Å². The lowest BCUT2D eigenvalue weighted by atomic mass is 10.1. The minimum atomic E-state index is -0.108. The Hall–Kier alpha value is -3.75. The van der Waals surface area contributed by atoms with Gasteiger partial charge in [0.15, 0.2) is 11.5 Å². The first-order valence-corrected chi connectivity index (χ1v) is 14.1. The van der Waals surface area contributed by atoms with Gasteiger partial charge >= 0.3 is 0 Å². The minimum absolute atomic E-state index is 0.0187. The Balaban J connectivity index is 1.28. The topological polar surface area (TPSA) is 63.5 Å². The monoisotopic (exact) mass is 544 g/mol. The average molecular weight is 545 g/mol. The second-order valence-corrected chi connectivity index (χ2v) is 10.8. The van der Waals surface area contributed by atoms with Gasteiger partial charge in [0.2, 0.25) is 0 Å². The molecular weight excluding hydrogens is 510 g/mol. The van der Waals surface area contributed by atoms with E-state index >= 15 is 0 Å². The Morgan fingerprint density at radius 2 is 1.79 bits per heavy atom. The second-order valence-electron chi connectivity index (χ2n) is 9.71. The Morgan fingerprint density at radius 3 is 2.51 bits per heavy atom. The molecule has 3 aromatic rings. The Bertz CT molecular complexity index is 1380. The van der Waals surface area contributed by atoms with E-state index in [1.807, 2.05) is 60.4 Å². The highest BCUT2D eigenvalue weighted by molar-refractivity contribution is 8.04. The molecule has 0 radical (unpaired) electrons. The van der Waals surface area contributed by atoms with Crippen molar-refractivity contribution in [2.24, 2.45) is 0 Å². The van der Waals surface area contributed by atoms with Crippen molar-refractivity contribution in [2.45, 2.75) is 18.4 Å². The predicted octanol–water partition coefficient (Wildman–Crippen LogP) is 3.74. The number of rotatable bonds is 7. The summed E-state index contributed by atoms with van der Waals surface area (Å²) in [4.78, 5) is 33.2. The van der Waals surface area contributed by atoms with Gasteiger partial charge in [-0.1, -0.05) is 48.2 Å². The fourth-order valence-corrected chi connectivity index (χ4v) is 6.09. The van der Waals surface area contributed by atoms with Gasteiger partial charge in [-0.05, 0) is 48.9 Å². The van der Waals surface area contributed by atoms with E-state index in [1.165, 1.54) is 22.2 Å². The number of nitrogens with one attached hydrogen (secondary N) is 1. The third-order valence-corrected chi connectivity index (χ3v) is 8.22. The van der Waals surface area contributed by atoms with E-state index in [0.717, 1.165) is 48.9 Å². The summed E-state index contributed by atoms with van der Waals surface area (Å²) in [6.45, 7) is 6.73. The maximum Gasteiger partial charge on any atom is 0.264 e. The molecule has 0 spiro atoms. The molecule has 8 heteroatoms. The van der Waals surface area contributed by atoms with E-state index in [-0.39, 0.29) is 11.8 Å². The number of hydrogen-bond acceptors (Lipinski definition) is 5. The minimum Gasteiger partial charge on any atom is -0.493 e. The van der Waals surface area contributed by atoms with Gasteiger partial charge in [-0.3, -0.25) is 9.59 Å². The lowest BCUT2D eigenvalue weighted by Gasteiger charge is -2.33. The van der Waals surface area contributed by atoms with Gasteiger partial charge in [0.25, 0.3) is 11.8 Å². The van der Waals surface area contributed by atoms with Crippen LogP contribution in [-0.2, 0) is 11.3 Å². The smallest absolute Gasteiger partial charge is 0.264 e. The van der Waals surface area contributed by atoms with Gasteiger partial charge in [-0.15, -0.1) is 0 Å². The highest BCUT2D eigenvalue weighted by Gasteiger charge is 2.29. The molecule has 0 aliphatic carbocycles. The zero-order chi connectivity index (χ0) is 27.4. The van der Waals surface area contributed by atoms with Crippen LogP contribution in [0.5, 0.6) is 11.5 Å². The number of nitrogens with zero attached hydrogens (tertiary/aromatic N) is 2. The first-order valence-electron chi connectivity index (χ1n) is 13.3. The van der Waals surface area contributed by atoms with Crippen LogP contribution >= 0.6 is 11.8 Å². The van der Waals surface area contributed by atoms with Crippen molar-refractivity contribution >= 4 is 35.3 Å². The summed E-state index contributed by atoms with van der Waals surface area (Å²) in [5.74, 6) is 1.20. The summed E-state index contributed by atoms with van der Waals surface area (Å²) in [5, 5.41) is 0. The number of amides is 2. The van der Waals surface area contributed by atoms with E-state index in [9.17, 15) is 9.59 Å². The maximum atomic E-state index is 13.4. The molecule has 1 saturated heterocycles. The summed E-state index contributed by atoms with van der Waals surface area (Å²) in [7, 11) is 3.36. The average Bonchev–Trinajstić information content (AvgIpc) is 2.97. The summed E-state index contributed by atoms with van der Waals surface area (Å²) >= 11 is 1.42. The molecule has 2 heterocycles. The largest absolute Gasteiger partial charge is 0.493 e. The Kier molecular flexibility index (Phi) is 8.24. The number of anilines is 1. The SMILES string of the molecule is CCOc1ccc(C=C2Sc3ccc(C(=O)N4CC[NH+](Cc5ccccc5)CC4)cc3N(C)C2=O)cc1OC. The second kappa shape index (κ2) is 12.0. The molecule has 2 aliphatic rings. The third-order valence-electron chi connectivity index (χ3n) is 7.14. The molecule has 5 rings (SSSR count). The van der Waals surface area contributed by atoms with Crippen LogP contribution in [0.2, 0.25) is 0 Å². The highest BCUT2D eigenvalue weighted by Crippen LogP contribution is 2.42. The maximum absolute atomic E-state index is 13.4. The number of piperazine rings is 1. The molecule has 1 fully saturated rings. The van der Waals surface area contributed by atoms with E-state index < -0.39 is 0 Å². The number of fused-ring (bicyclic) bond motifs is 1. The van der Waals surface area contributed by atoms with Crippen LogP contribution in [0.25, 0.3) is 6.08 Å². The summed E-state index contributed by atoms with van der Waals surface area (Å²) in [5.41, 5.74) is 3.54. The molecule has 0 bridgehead atoms. The summed E-state index contributed by atoms with van der Waals surface area (Å²) in [6.07, 6.45) is 1.86. The number of ether oxygens (including phenoxy) is 2. The van der Waals surface area contributed by atoms with Crippen LogP contribution in [0.3, 0.4) is 0 Å². The number of methoxy groups -OCH3 is 1. The zero-order valence-electron chi connectivity index (χ0n) is 22.6. The predicted molar refractivity (Wildman–Crippen MR) is 155 cm³/mol. The molecule has 7 nitrogen and oxygen atoms in total. The van der Waals surface area contributed by atoms with E-state index in [1.54, 1.807) is 19.1 Å². The first kappa shape index (κ1) is 26.8. The van der Waals surface area contributed by atoms with Crippen molar-refractivity contribution in [3.8, 4) is 11.5 Å². The van der Waals surface area contributed by atoms with Crippen molar-refractivity contribution in [2.75, 3.05) is 51.8 Å². The zero-order valence-corrected chi connectivity index (χ0v) is 23.4. The molecule has 1 N–H and O–H groups in total. The molecule has 0 unspecified atom stereocenters. The van der Waals surface area contributed by atoms with Gasteiger partial charge in [0.05, 0.1) is 50.5 Å². The Morgan fingerprint density at radius 1 is 1.03 bits per heavy atom. The van der Waals surface area contributed by atoms with Crippen molar-refractivity contribution < 1.29 is 24.0 Å². The lowest BCUT2D eigenvalue weighted by molar-refractivity contribution is -0.917. The molecule has 0 aromatic heterocycles. The van der Waals surface area contributed by atoms with Crippen molar-refractivity contribution in [1.29, 1.82) is 0 Å². The van der Waals surface area contributed by atoms with Crippen molar-refractivity contribution in [1.82, 2.24) is 4.90 Å². The first-order chi connectivity index (χ1) is 19.0. The summed E-state index contributed by atoms with van der Waals surface area (Å²) in [6, 6.07) is 21.8. The van der Waals surface area contributed by atoms with Crippen LogP contribution in [0.1, 0.15) is 28.4 Å². The number of carbonyl (C=O) groups excluding carboxylic acids is 2. The number of thioether (sulfide) groups is 1. The van der Waals surface area contributed by atoms with E-state index in [0.29, 0.717) is 28.6 Å².